The maximum absolute atomic E-state index is 12.8. The number of thioether (sulfide) groups is 1. The Balaban J connectivity index is 4.80. The van der Waals surface area contributed by atoms with Crippen molar-refractivity contribution in [3.8, 4) is 0 Å². The van der Waals surface area contributed by atoms with E-state index in [1.165, 1.54) is 103 Å². The highest BCUT2D eigenvalue weighted by atomic mass is 32.2. The average Bonchev–Trinajstić information content (AvgIpc) is 2.93. The van der Waals surface area contributed by atoms with Gasteiger partial charge in [0.05, 0.1) is 13.2 Å². The van der Waals surface area contributed by atoms with Gasteiger partial charge in [-0.15, -0.1) is 4.52 Å². The fourth-order valence-electron chi connectivity index (χ4n) is 4.72. The molecule has 5 atom stereocenters. The molecule has 0 amide bonds. The third-order valence-corrected chi connectivity index (χ3v) is 10.4. The molecule has 0 saturated heterocycles. The van der Waals surface area contributed by atoms with Crippen LogP contribution in [-0.2, 0) is 23.4 Å². The van der Waals surface area contributed by atoms with Crippen molar-refractivity contribution in [3.63, 3.8) is 0 Å². The number of rotatable bonds is 28. The summed E-state index contributed by atoms with van der Waals surface area (Å²) < 4.78 is 29.0. The van der Waals surface area contributed by atoms with Gasteiger partial charge in [0.1, 0.15) is 12.7 Å². The molecule has 0 heterocycles. The minimum absolute atomic E-state index is 0.186. The van der Waals surface area contributed by atoms with E-state index >= 15 is 0 Å². The lowest BCUT2D eigenvalue weighted by atomic mass is 10.1. The number of hydrogen-bond acceptors (Lipinski definition) is 7. The van der Waals surface area contributed by atoms with Gasteiger partial charge in [-0.1, -0.05) is 117 Å². The van der Waals surface area contributed by atoms with Crippen LogP contribution in [0.15, 0.2) is 0 Å². The summed E-state index contributed by atoms with van der Waals surface area (Å²) in [6, 6.07) is 0. The summed E-state index contributed by atoms with van der Waals surface area (Å²) in [6.07, 6.45) is 21.1. The number of aliphatic hydroxyl groups is 1. The van der Waals surface area contributed by atoms with Gasteiger partial charge in [0.25, 0.3) is 0 Å². The summed E-state index contributed by atoms with van der Waals surface area (Å²) in [7, 11) is -1.54. The Bertz CT molecular complexity index is 608. The van der Waals surface area contributed by atoms with Crippen molar-refractivity contribution in [2.45, 2.75) is 173 Å². The van der Waals surface area contributed by atoms with E-state index in [1.54, 1.807) is 6.92 Å². The van der Waals surface area contributed by atoms with E-state index in [9.17, 15) is 14.5 Å². The van der Waals surface area contributed by atoms with Crippen LogP contribution < -0.4 is 0 Å². The van der Waals surface area contributed by atoms with Crippen molar-refractivity contribution in [2.24, 2.45) is 0 Å². The Labute approximate surface area is 246 Å². The number of methoxy groups -OCH3 is 1. The number of unbranched alkanes of at least 4 members (excludes halogenated alkanes) is 14. The predicted octanol–water partition coefficient (Wildman–Crippen LogP) is 9.58. The standard InChI is InChI=1S/C31H62O6PS/c1-7-10-12-14-15-16-17-18-19-21-23-26-39-29(24-22-20-13-11-8-2)27(4)37-28(5)31(33,30(32)35-6)38(34)36-25-9-3/h27-29,33H,7-26H2,1-6H3/q+1. The van der Waals surface area contributed by atoms with Crippen LogP contribution in [0.1, 0.15) is 150 Å². The van der Waals surface area contributed by atoms with Crippen molar-refractivity contribution in [3.05, 3.63) is 0 Å². The predicted molar refractivity (Wildman–Crippen MR) is 167 cm³/mol. The molecule has 0 fully saturated rings. The highest BCUT2D eigenvalue weighted by molar-refractivity contribution is 7.99. The van der Waals surface area contributed by atoms with Gasteiger partial charge >= 0.3 is 19.3 Å². The van der Waals surface area contributed by atoms with E-state index in [0.29, 0.717) is 6.42 Å². The van der Waals surface area contributed by atoms with Crippen LogP contribution >= 0.6 is 19.8 Å². The zero-order valence-electron chi connectivity index (χ0n) is 26.2. The van der Waals surface area contributed by atoms with E-state index in [-0.39, 0.29) is 18.0 Å². The summed E-state index contributed by atoms with van der Waals surface area (Å²) in [4.78, 5) is 12.5. The smallest absolute Gasteiger partial charge is 0.463 e. The molecule has 1 N–H and O–H groups in total. The number of carbonyl (C=O) groups is 1. The fraction of sp³-hybridized carbons (Fsp3) is 0.968. The van der Waals surface area contributed by atoms with E-state index in [4.69, 9.17) is 14.0 Å². The third-order valence-electron chi connectivity index (χ3n) is 7.36. The molecule has 0 aromatic carbocycles. The Morgan fingerprint density at radius 3 is 1.77 bits per heavy atom. The summed E-state index contributed by atoms with van der Waals surface area (Å²) in [5, 5.41) is 9.03. The first-order chi connectivity index (χ1) is 18.8. The summed E-state index contributed by atoms with van der Waals surface area (Å²) >= 11 is 1.94. The monoisotopic (exact) mass is 593 g/mol. The fourth-order valence-corrected chi connectivity index (χ4v) is 7.21. The Hall–Kier alpha value is -0.200. The van der Waals surface area contributed by atoms with Gasteiger partial charge in [-0.3, -0.25) is 0 Å². The molecule has 0 aromatic rings. The molecule has 5 unspecified atom stereocenters. The molecule has 232 valence electrons. The summed E-state index contributed by atoms with van der Waals surface area (Å²) in [6.45, 7) is 10.1. The number of esters is 1. The lowest BCUT2D eigenvalue weighted by Crippen LogP contribution is -2.49. The van der Waals surface area contributed by atoms with Crippen LogP contribution in [0.3, 0.4) is 0 Å². The molecule has 39 heavy (non-hydrogen) atoms. The van der Waals surface area contributed by atoms with Crippen molar-refractivity contribution in [1.29, 1.82) is 0 Å². The van der Waals surface area contributed by atoms with Gasteiger partial charge in [0.2, 0.25) is 0 Å². The lowest BCUT2D eigenvalue weighted by Gasteiger charge is -2.29. The normalized spacial score (nSPS) is 15.9. The Morgan fingerprint density at radius 2 is 1.28 bits per heavy atom. The lowest BCUT2D eigenvalue weighted by molar-refractivity contribution is -0.168. The van der Waals surface area contributed by atoms with Gasteiger partial charge in [-0.2, -0.15) is 11.8 Å². The van der Waals surface area contributed by atoms with Crippen LogP contribution in [-0.4, -0.2) is 53.3 Å². The maximum atomic E-state index is 12.8. The SMILES string of the molecule is CCCCCCCCCCCCCSC(CCCCCCC)C(C)OC(C)C(O)(C(=O)OC)[P+](=O)OCCC. The Morgan fingerprint density at radius 1 is 0.795 bits per heavy atom. The average molecular weight is 594 g/mol. The van der Waals surface area contributed by atoms with Gasteiger partial charge in [-0.25, -0.2) is 4.79 Å². The molecular formula is C31H62O6PS+. The van der Waals surface area contributed by atoms with E-state index in [0.717, 1.165) is 18.6 Å². The zero-order chi connectivity index (χ0) is 29.4. The number of ether oxygens (including phenoxy) is 2. The second-order valence-corrected chi connectivity index (χ2v) is 13.7. The van der Waals surface area contributed by atoms with Crippen molar-refractivity contribution < 1.29 is 28.5 Å². The maximum Gasteiger partial charge on any atom is 0.559 e. The van der Waals surface area contributed by atoms with Gasteiger partial charge in [0.15, 0.2) is 0 Å². The van der Waals surface area contributed by atoms with Crippen LogP contribution in [0.5, 0.6) is 0 Å². The summed E-state index contributed by atoms with van der Waals surface area (Å²) in [5.74, 6) is 0.0950. The molecule has 0 spiro atoms. The van der Waals surface area contributed by atoms with Crippen LogP contribution in [0, 0.1) is 0 Å². The van der Waals surface area contributed by atoms with Crippen molar-refractivity contribution >= 4 is 25.8 Å². The second kappa shape index (κ2) is 25.5. The molecule has 0 aliphatic carbocycles. The molecule has 0 bridgehead atoms. The first-order valence-corrected chi connectivity index (χ1v) is 18.2. The first kappa shape index (κ1) is 38.8. The molecular weight excluding hydrogens is 531 g/mol. The van der Waals surface area contributed by atoms with Crippen LogP contribution in [0.4, 0.5) is 0 Å². The second-order valence-electron chi connectivity index (χ2n) is 10.9. The molecule has 0 aliphatic heterocycles. The quantitative estimate of drug-likeness (QED) is 0.0549. The zero-order valence-corrected chi connectivity index (χ0v) is 27.9. The minimum Gasteiger partial charge on any atom is -0.463 e. The van der Waals surface area contributed by atoms with Gasteiger partial charge < -0.3 is 14.6 Å². The minimum atomic E-state index is -2.71. The number of carbonyl (C=O) groups excluding carboxylic acids is 1. The molecule has 8 heteroatoms. The van der Waals surface area contributed by atoms with Gasteiger partial charge in [0, 0.05) is 5.25 Å². The largest absolute Gasteiger partial charge is 0.559 e. The van der Waals surface area contributed by atoms with Crippen LogP contribution in [0.25, 0.3) is 0 Å². The molecule has 0 saturated carbocycles. The molecule has 0 aromatic heterocycles. The first-order valence-electron chi connectivity index (χ1n) is 16.0. The van der Waals surface area contributed by atoms with Crippen LogP contribution in [0.2, 0.25) is 0 Å². The highest BCUT2D eigenvalue weighted by Gasteiger charge is 2.64. The van der Waals surface area contributed by atoms with Crippen molar-refractivity contribution in [2.75, 3.05) is 19.5 Å². The van der Waals surface area contributed by atoms with Gasteiger partial charge in [-0.05, 0) is 43.4 Å². The Kier molecular flexibility index (Phi) is 25.4. The van der Waals surface area contributed by atoms with E-state index in [2.05, 4.69) is 13.8 Å². The van der Waals surface area contributed by atoms with E-state index < -0.39 is 25.4 Å². The highest BCUT2D eigenvalue weighted by Crippen LogP contribution is 2.43. The molecule has 0 aliphatic rings. The molecule has 0 radical (unpaired) electrons. The van der Waals surface area contributed by atoms with E-state index in [1.807, 2.05) is 25.6 Å². The number of hydrogen-bond donors (Lipinski definition) is 1. The molecule has 0 rings (SSSR count). The summed E-state index contributed by atoms with van der Waals surface area (Å²) in [5.41, 5.74) is 0. The van der Waals surface area contributed by atoms with Crippen molar-refractivity contribution in [1.82, 2.24) is 0 Å². The molecule has 6 nitrogen and oxygen atoms in total. The third kappa shape index (κ3) is 17.4. The topological polar surface area (TPSA) is 82.1 Å².